The van der Waals surface area contributed by atoms with Crippen LogP contribution < -0.4 is 0 Å². The second-order valence-corrected chi connectivity index (χ2v) is 2.49. The average molecular weight is 143 g/mol. The first-order valence-corrected chi connectivity index (χ1v) is 3.51. The van der Waals surface area contributed by atoms with Gasteiger partial charge < -0.3 is 0 Å². The Bertz CT molecular complexity index is 324. The molecule has 1 aromatic rings. The predicted octanol–water partition coefficient (Wildman–Crippen LogP) is 2.08. The van der Waals surface area contributed by atoms with Gasteiger partial charge in [-0.3, -0.25) is 4.79 Å². The van der Waals surface area contributed by atoms with Crippen LogP contribution in [-0.2, 0) is 0 Å². The van der Waals surface area contributed by atoms with Gasteiger partial charge in [0, 0.05) is 12.0 Å². The number of allylic oxidation sites excluding steroid dienone is 1. The first kappa shape index (κ1) is 6.35. The molecule has 0 unspecified atom stereocenters. The van der Waals surface area contributed by atoms with Crippen LogP contribution in [0.5, 0.6) is 0 Å². The molecule has 1 aliphatic rings. The molecule has 2 rings (SSSR count). The maximum atomic E-state index is 10.5. The lowest BCUT2D eigenvalue weighted by molar-refractivity contribution is 0.112. The highest BCUT2D eigenvalue weighted by atomic mass is 16.1. The molecule has 0 N–H and O–H groups in total. The lowest BCUT2D eigenvalue weighted by atomic mass is 10.0. The summed E-state index contributed by atoms with van der Waals surface area (Å²) in [4.78, 5) is 10.5. The molecule has 11 heavy (non-hydrogen) atoms. The highest BCUT2D eigenvalue weighted by Gasteiger charge is 2.07. The molecule has 0 atom stereocenters. The Hall–Kier alpha value is -1.37. The van der Waals surface area contributed by atoms with E-state index in [0.717, 1.165) is 23.0 Å². The Labute approximate surface area is 65.4 Å². The van der Waals surface area contributed by atoms with Crippen molar-refractivity contribution in [3.05, 3.63) is 47.4 Å². The van der Waals surface area contributed by atoms with E-state index < -0.39 is 0 Å². The van der Waals surface area contributed by atoms with Gasteiger partial charge >= 0.3 is 0 Å². The minimum atomic E-state index is 0.771. The maximum absolute atomic E-state index is 10.5. The van der Waals surface area contributed by atoms with E-state index in [2.05, 4.69) is 0 Å². The summed E-state index contributed by atoms with van der Waals surface area (Å²) in [7, 11) is 0. The Balaban J connectivity index is 2.66. The normalized spacial score (nSPS) is 13.1. The summed E-state index contributed by atoms with van der Waals surface area (Å²) in [5, 5.41) is 0. The highest BCUT2D eigenvalue weighted by molar-refractivity contribution is 5.85. The van der Waals surface area contributed by atoms with Gasteiger partial charge in [0.2, 0.25) is 0 Å². The Morgan fingerprint density at radius 3 is 3.00 bits per heavy atom. The van der Waals surface area contributed by atoms with Crippen LogP contribution in [-0.4, -0.2) is 6.29 Å². The van der Waals surface area contributed by atoms with Crippen molar-refractivity contribution in [3.63, 3.8) is 0 Å². The Morgan fingerprint density at radius 1 is 1.27 bits per heavy atom. The molecule has 0 aliphatic heterocycles. The van der Waals surface area contributed by atoms with Crippen molar-refractivity contribution in [1.82, 2.24) is 0 Å². The third-order valence-corrected chi connectivity index (χ3v) is 1.84. The number of rotatable bonds is 1. The second-order valence-electron chi connectivity index (χ2n) is 2.49. The van der Waals surface area contributed by atoms with E-state index in [4.69, 9.17) is 0 Å². The lowest BCUT2D eigenvalue weighted by Crippen LogP contribution is -1.87. The summed E-state index contributed by atoms with van der Waals surface area (Å²) in [5.41, 5.74) is 2.95. The number of hydrogen-bond acceptors (Lipinski definition) is 1. The molecule has 1 radical (unpaired) electrons. The van der Waals surface area contributed by atoms with Crippen molar-refractivity contribution in [2.75, 3.05) is 0 Å². The molecule has 1 aromatic carbocycles. The van der Waals surface area contributed by atoms with Crippen LogP contribution >= 0.6 is 0 Å². The van der Waals surface area contributed by atoms with Gasteiger partial charge in [-0.15, -0.1) is 0 Å². The van der Waals surface area contributed by atoms with Gasteiger partial charge in [-0.1, -0.05) is 30.4 Å². The molecule has 0 amide bonds. The number of carbonyl (C=O) groups is 1. The summed E-state index contributed by atoms with van der Waals surface area (Å²) >= 11 is 0. The molecule has 1 nitrogen and oxygen atoms in total. The molecule has 0 heterocycles. The zero-order chi connectivity index (χ0) is 7.68. The smallest absolute Gasteiger partial charge is 0.150 e. The number of hydrogen-bond donors (Lipinski definition) is 0. The lowest BCUT2D eigenvalue weighted by Gasteiger charge is -1.98. The monoisotopic (exact) mass is 143 g/mol. The standard InChI is InChI=1S/C10H7O/c11-7-9-5-1-3-8-4-2-6-10(8)9/h1-7H. The SMILES string of the molecule is O=Cc1cccc2c1C=C[CH]2. The van der Waals surface area contributed by atoms with Crippen molar-refractivity contribution in [2.45, 2.75) is 0 Å². The first-order chi connectivity index (χ1) is 5.42. The van der Waals surface area contributed by atoms with Crippen LogP contribution in [0.25, 0.3) is 6.08 Å². The molecule has 0 spiro atoms. The zero-order valence-electron chi connectivity index (χ0n) is 5.95. The van der Waals surface area contributed by atoms with Crippen molar-refractivity contribution in [3.8, 4) is 0 Å². The van der Waals surface area contributed by atoms with Crippen LogP contribution in [0, 0.1) is 6.42 Å². The van der Waals surface area contributed by atoms with Crippen LogP contribution in [0.1, 0.15) is 21.5 Å². The van der Waals surface area contributed by atoms with Gasteiger partial charge in [0.05, 0.1) is 0 Å². The molecule has 1 heteroatoms. The summed E-state index contributed by atoms with van der Waals surface area (Å²) in [6.45, 7) is 0. The van der Waals surface area contributed by atoms with Gasteiger partial charge in [-0.2, -0.15) is 0 Å². The van der Waals surface area contributed by atoms with Crippen LogP contribution in [0.4, 0.5) is 0 Å². The highest BCUT2D eigenvalue weighted by Crippen LogP contribution is 2.22. The number of aldehydes is 1. The van der Waals surface area contributed by atoms with Gasteiger partial charge in [-0.25, -0.2) is 0 Å². The summed E-state index contributed by atoms with van der Waals surface area (Å²) in [5.74, 6) is 0. The molecule has 53 valence electrons. The minimum absolute atomic E-state index is 0.771. The molecular formula is C10H7O. The van der Waals surface area contributed by atoms with Crippen LogP contribution in [0.2, 0.25) is 0 Å². The molecule has 0 aromatic heterocycles. The van der Waals surface area contributed by atoms with E-state index in [0.29, 0.717) is 0 Å². The minimum Gasteiger partial charge on any atom is -0.298 e. The van der Waals surface area contributed by atoms with E-state index >= 15 is 0 Å². The maximum Gasteiger partial charge on any atom is 0.150 e. The largest absolute Gasteiger partial charge is 0.298 e. The fraction of sp³-hybridized carbons (Fsp3) is 0. The summed E-state index contributed by atoms with van der Waals surface area (Å²) < 4.78 is 0. The third kappa shape index (κ3) is 0.891. The topological polar surface area (TPSA) is 17.1 Å². The van der Waals surface area contributed by atoms with Crippen molar-refractivity contribution >= 4 is 12.4 Å². The third-order valence-electron chi connectivity index (χ3n) is 1.84. The van der Waals surface area contributed by atoms with Crippen molar-refractivity contribution in [2.24, 2.45) is 0 Å². The number of benzene rings is 1. The fourth-order valence-corrected chi connectivity index (χ4v) is 1.29. The molecular weight excluding hydrogens is 136 g/mol. The molecule has 1 aliphatic carbocycles. The Kier molecular flexibility index (Phi) is 1.35. The van der Waals surface area contributed by atoms with Crippen LogP contribution in [0.15, 0.2) is 24.3 Å². The fourth-order valence-electron chi connectivity index (χ4n) is 1.29. The molecule has 0 fully saturated rings. The molecule has 0 bridgehead atoms. The Morgan fingerprint density at radius 2 is 2.18 bits per heavy atom. The zero-order valence-corrected chi connectivity index (χ0v) is 5.95. The molecule has 0 saturated heterocycles. The van der Waals surface area contributed by atoms with E-state index in [1.165, 1.54) is 0 Å². The van der Waals surface area contributed by atoms with Gasteiger partial charge in [0.25, 0.3) is 0 Å². The van der Waals surface area contributed by atoms with E-state index in [-0.39, 0.29) is 0 Å². The van der Waals surface area contributed by atoms with E-state index in [1.54, 1.807) is 0 Å². The summed E-state index contributed by atoms with van der Waals surface area (Å²) in [6.07, 6.45) is 6.81. The predicted molar refractivity (Wildman–Crippen MR) is 44.3 cm³/mol. The quantitative estimate of drug-likeness (QED) is 0.550. The number of fused-ring (bicyclic) bond motifs is 1. The molecule has 0 saturated carbocycles. The van der Waals surface area contributed by atoms with Crippen molar-refractivity contribution < 1.29 is 4.79 Å². The van der Waals surface area contributed by atoms with E-state index in [9.17, 15) is 4.79 Å². The first-order valence-electron chi connectivity index (χ1n) is 3.51. The van der Waals surface area contributed by atoms with Crippen LogP contribution in [0.3, 0.4) is 0 Å². The van der Waals surface area contributed by atoms with Gasteiger partial charge in [0.15, 0.2) is 6.29 Å². The van der Waals surface area contributed by atoms with Gasteiger partial charge in [0.1, 0.15) is 0 Å². The second kappa shape index (κ2) is 2.35. The van der Waals surface area contributed by atoms with Crippen molar-refractivity contribution in [1.29, 1.82) is 0 Å². The number of carbonyl (C=O) groups excluding carboxylic acids is 1. The average Bonchev–Trinajstić information content (AvgIpc) is 2.50. The van der Waals surface area contributed by atoms with E-state index in [1.807, 2.05) is 36.8 Å². The summed E-state index contributed by atoms with van der Waals surface area (Å²) in [6, 6.07) is 5.73. The van der Waals surface area contributed by atoms with Gasteiger partial charge in [-0.05, 0) is 11.1 Å².